The van der Waals surface area contributed by atoms with Gasteiger partial charge in [0.25, 0.3) is 0 Å². The average molecular weight is 265 g/mol. The van der Waals surface area contributed by atoms with Crippen LogP contribution in [0.2, 0.25) is 0 Å². The molecule has 1 N–H and O–H groups in total. The van der Waals surface area contributed by atoms with E-state index in [-0.39, 0.29) is 5.92 Å². The van der Waals surface area contributed by atoms with Gasteiger partial charge in [0.05, 0.1) is 5.41 Å². The van der Waals surface area contributed by atoms with Crippen molar-refractivity contribution in [2.45, 2.75) is 58.9 Å². The fraction of sp³-hybridized carbons (Fsp3) is 0.786. The molecule has 0 radical (unpaired) electrons. The molecule has 1 atom stereocenters. The first-order valence-electron chi connectivity index (χ1n) is 7.07. The summed E-state index contributed by atoms with van der Waals surface area (Å²) in [5.41, 5.74) is -0.788. The first-order valence-corrected chi connectivity index (χ1v) is 7.07. The van der Waals surface area contributed by atoms with E-state index in [9.17, 15) is 9.90 Å². The molecule has 0 aromatic carbocycles. The van der Waals surface area contributed by atoms with Crippen LogP contribution in [-0.4, -0.2) is 25.8 Å². The summed E-state index contributed by atoms with van der Waals surface area (Å²) in [6.07, 6.45) is 6.97. The number of carboxylic acids is 1. The molecule has 1 heterocycles. The molecule has 0 spiro atoms. The summed E-state index contributed by atoms with van der Waals surface area (Å²) in [5.74, 6) is 0.104. The van der Waals surface area contributed by atoms with Crippen molar-refractivity contribution in [3.63, 3.8) is 0 Å². The Labute approximate surface area is 114 Å². The van der Waals surface area contributed by atoms with Gasteiger partial charge >= 0.3 is 5.97 Å². The Morgan fingerprint density at radius 3 is 2.68 bits per heavy atom. The zero-order valence-electron chi connectivity index (χ0n) is 12.0. The highest BCUT2D eigenvalue weighted by Gasteiger charge is 2.38. The van der Waals surface area contributed by atoms with Gasteiger partial charge < -0.3 is 9.67 Å². The first-order chi connectivity index (χ1) is 8.95. The molecule has 1 aliphatic carbocycles. The molecule has 5 nitrogen and oxygen atoms in total. The minimum Gasteiger partial charge on any atom is -0.481 e. The summed E-state index contributed by atoms with van der Waals surface area (Å²) in [4.78, 5) is 11.6. The van der Waals surface area contributed by atoms with Crippen LogP contribution >= 0.6 is 0 Å². The van der Waals surface area contributed by atoms with Gasteiger partial charge in [-0.1, -0.05) is 26.7 Å². The van der Waals surface area contributed by atoms with E-state index in [1.165, 1.54) is 12.8 Å². The van der Waals surface area contributed by atoms with E-state index < -0.39 is 11.4 Å². The lowest BCUT2D eigenvalue weighted by molar-refractivity contribution is -0.150. The Bertz CT molecular complexity index is 449. The second-order valence-electron chi connectivity index (χ2n) is 6.15. The van der Waals surface area contributed by atoms with Crippen LogP contribution in [0.25, 0.3) is 0 Å². The van der Waals surface area contributed by atoms with E-state index >= 15 is 0 Å². The Balaban J connectivity index is 2.23. The van der Waals surface area contributed by atoms with Gasteiger partial charge in [-0.2, -0.15) is 0 Å². The Kier molecular flexibility index (Phi) is 3.92. The monoisotopic (exact) mass is 265 g/mol. The molecule has 1 aromatic heterocycles. The summed E-state index contributed by atoms with van der Waals surface area (Å²) < 4.78 is 2.09. The summed E-state index contributed by atoms with van der Waals surface area (Å²) >= 11 is 0. The number of carboxylic acid groups (broad SMARTS) is 1. The van der Waals surface area contributed by atoms with Crippen LogP contribution < -0.4 is 0 Å². The number of hydrogen-bond acceptors (Lipinski definition) is 3. The summed E-state index contributed by atoms with van der Waals surface area (Å²) in [6, 6.07) is 0.454. The molecule has 2 rings (SSSR count). The molecule has 0 bridgehead atoms. The first kappa shape index (κ1) is 14.0. The van der Waals surface area contributed by atoms with Gasteiger partial charge in [-0.05, 0) is 25.7 Å². The van der Waals surface area contributed by atoms with Crippen LogP contribution in [0.15, 0.2) is 6.33 Å². The van der Waals surface area contributed by atoms with Gasteiger partial charge in [0.2, 0.25) is 0 Å². The van der Waals surface area contributed by atoms with Gasteiger partial charge in [-0.3, -0.25) is 4.79 Å². The molecule has 1 fully saturated rings. The highest BCUT2D eigenvalue weighted by atomic mass is 16.4. The van der Waals surface area contributed by atoms with E-state index in [4.69, 9.17) is 0 Å². The zero-order chi connectivity index (χ0) is 14.0. The SMILES string of the molecule is CC(C)C(C)(Cc1nncn1C1CCCC1)C(=O)O. The lowest BCUT2D eigenvalue weighted by atomic mass is 9.76. The molecule has 1 aromatic rings. The van der Waals surface area contributed by atoms with Crippen molar-refractivity contribution in [1.29, 1.82) is 0 Å². The number of aliphatic carboxylic acids is 1. The highest BCUT2D eigenvalue weighted by Crippen LogP contribution is 2.34. The van der Waals surface area contributed by atoms with E-state index in [0.717, 1.165) is 18.7 Å². The number of carbonyl (C=O) groups is 1. The molecule has 1 unspecified atom stereocenters. The van der Waals surface area contributed by atoms with Crippen molar-refractivity contribution in [2.75, 3.05) is 0 Å². The number of nitrogens with zero attached hydrogens (tertiary/aromatic N) is 3. The molecule has 5 heteroatoms. The molecule has 1 aliphatic rings. The molecule has 1 saturated carbocycles. The van der Waals surface area contributed by atoms with Crippen LogP contribution in [0.1, 0.15) is 58.3 Å². The van der Waals surface area contributed by atoms with Crippen molar-refractivity contribution in [2.24, 2.45) is 11.3 Å². The van der Waals surface area contributed by atoms with E-state index in [2.05, 4.69) is 14.8 Å². The predicted molar refractivity (Wildman–Crippen MR) is 71.8 cm³/mol. The second-order valence-corrected chi connectivity index (χ2v) is 6.15. The van der Waals surface area contributed by atoms with Crippen molar-refractivity contribution < 1.29 is 9.90 Å². The van der Waals surface area contributed by atoms with Crippen molar-refractivity contribution in [1.82, 2.24) is 14.8 Å². The third-order valence-corrected chi connectivity index (χ3v) is 4.65. The van der Waals surface area contributed by atoms with Crippen LogP contribution in [0.3, 0.4) is 0 Å². The Morgan fingerprint density at radius 2 is 2.16 bits per heavy atom. The smallest absolute Gasteiger partial charge is 0.310 e. The fourth-order valence-electron chi connectivity index (χ4n) is 2.74. The van der Waals surface area contributed by atoms with Crippen molar-refractivity contribution >= 4 is 5.97 Å². The van der Waals surface area contributed by atoms with Crippen LogP contribution in [0, 0.1) is 11.3 Å². The third-order valence-electron chi connectivity index (χ3n) is 4.65. The van der Waals surface area contributed by atoms with E-state index in [1.54, 1.807) is 13.3 Å². The van der Waals surface area contributed by atoms with Gasteiger partial charge in [0, 0.05) is 12.5 Å². The summed E-state index contributed by atoms with van der Waals surface area (Å²) in [6.45, 7) is 5.70. The lowest BCUT2D eigenvalue weighted by Crippen LogP contribution is -2.36. The van der Waals surface area contributed by atoms with Gasteiger partial charge in [0.15, 0.2) is 0 Å². The predicted octanol–water partition coefficient (Wildman–Crippen LogP) is 2.68. The molecule has 0 aliphatic heterocycles. The number of aromatic nitrogens is 3. The fourth-order valence-corrected chi connectivity index (χ4v) is 2.74. The molecule has 0 amide bonds. The normalized spacial score (nSPS) is 19.8. The van der Waals surface area contributed by atoms with Crippen LogP contribution in [0.4, 0.5) is 0 Å². The largest absolute Gasteiger partial charge is 0.481 e. The second kappa shape index (κ2) is 5.31. The quantitative estimate of drug-likeness (QED) is 0.888. The number of hydrogen-bond donors (Lipinski definition) is 1. The minimum atomic E-state index is -0.788. The maximum absolute atomic E-state index is 11.6. The maximum atomic E-state index is 11.6. The Hall–Kier alpha value is -1.39. The lowest BCUT2D eigenvalue weighted by Gasteiger charge is -2.29. The van der Waals surface area contributed by atoms with Gasteiger partial charge in [0.1, 0.15) is 12.2 Å². The summed E-state index contributed by atoms with van der Waals surface area (Å²) in [7, 11) is 0. The molecule has 19 heavy (non-hydrogen) atoms. The summed E-state index contributed by atoms with van der Waals surface area (Å²) in [5, 5.41) is 17.7. The van der Waals surface area contributed by atoms with Gasteiger partial charge in [-0.25, -0.2) is 0 Å². The third kappa shape index (κ3) is 2.65. The van der Waals surface area contributed by atoms with Crippen LogP contribution in [0.5, 0.6) is 0 Å². The molecule has 0 saturated heterocycles. The van der Waals surface area contributed by atoms with E-state index in [0.29, 0.717) is 12.5 Å². The number of rotatable bonds is 5. The standard InChI is InChI=1S/C14H23N3O2/c1-10(2)14(3,13(18)19)8-12-16-15-9-17(12)11-6-4-5-7-11/h9-11H,4-8H2,1-3H3,(H,18,19). The van der Waals surface area contributed by atoms with Crippen molar-refractivity contribution in [3.05, 3.63) is 12.2 Å². The van der Waals surface area contributed by atoms with Crippen LogP contribution in [-0.2, 0) is 11.2 Å². The molecular weight excluding hydrogens is 242 g/mol. The average Bonchev–Trinajstić information content (AvgIpc) is 2.97. The van der Waals surface area contributed by atoms with Crippen molar-refractivity contribution in [3.8, 4) is 0 Å². The van der Waals surface area contributed by atoms with Gasteiger partial charge in [-0.15, -0.1) is 10.2 Å². The minimum absolute atomic E-state index is 0.0544. The highest BCUT2D eigenvalue weighted by molar-refractivity contribution is 5.74. The topological polar surface area (TPSA) is 68.0 Å². The molecule has 106 valence electrons. The maximum Gasteiger partial charge on any atom is 0.310 e. The Morgan fingerprint density at radius 1 is 1.53 bits per heavy atom. The zero-order valence-corrected chi connectivity index (χ0v) is 12.0. The van der Waals surface area contributed by atoms with E-state index in [1.807, 2.05) is 13.8 Å². The molecular formula is C14H23N3O2.